The van der Waals surface area contributed by atoms with Crippen LogP contribution in [0.3, 0.4) is 0 Å². The molecule has 6 nitrogen and oxygen atoms in total. The molecule has 2 aromatic heterocycles. The number of hydrogen-bond donors (Lipinski definition) is 3. The van der Waals surface area contributed by atoms with Crippen molar-refractivity contribution in [3.63, 3.8) is 0 Å². The normalized spacial score (nSPS) is 18.5. The highest BCUT2D eigenvalue weighted by Crippen LogP contribution is 2.36. The summed E-state index contributed by atoms with van der Waals surface area (Å²) in [7, 11) is 0. The molecule has 0 spiro atoms. The molecule has 8 heteroatoms. The topological polar surface area (TPSA) is 101 Å². The van der Waals surface area contributed by atoms with Gasteiger partial charge in [0.1, 0.15) is 11.6 Å². The third-order valence-corrected chi connectivity index (χ3v) is 5.54. The maximum absolute atomic E-state index is 14.4. The fourth-order valence-electron chi connectivity index (χ4n) is 4.02. The smallest absolute Gasteiger partial charge is 0.277 e. The predicted molar refractivity (Wildman–Crippen MR) is 113 cm³/mol. The summed E-state index contributed by atoms with van der Waals surface area (Å²) < 4.78 is 28.6. The van der Waals surface area contributed by atoms with Crippen LogP contribution in [0, 0.1) is 11.6 Å². The van der Waals surface area contributed by atoms with Crippen molar-refractivity contribution < 1.29 is 18.7 Å². The van der Waals surface area contributed by atoms with E-state index < -0.39 is 23.2 Å². The lowest BCUT2D eigenvalue weighted by atomic mass is 9.81. The molecule has 0 radical (unpaired) electrons. The van der Waals surface area contributed by atoms with Gasteiger partial charge in [-0.3, -0.25) is 9.78 Å². The zero-order valence-electron chi connectivity index (χ0n) is 16.7. The molecule has 1 saturated carbocycles. The van der Waals surface area contributed by atoms with E-state index in [9.17, 15) is 18.7 Å². The molecule has 0 bridgehead atoms. The highest BCUT2D eigenvalue weighted by atomic mass is 19.1. The Balaban J connectivity index is 1.63. The Morgan fingerprint density at radius 2 is 1.94 bits per heavy atom. The third-order valence-electron chi connectivity index (χ3n) is 5.54. The first-order valence-corrected chi connectivity index (χ1v) is 10.1. The number of nitrogens with one attached hydrogen (secondary N) is 1. The predicted octanol–water partition coefficient (Wildman–Crippen LogP) is 4.36. The summed E-state index contributed by atoms with van der Waals surface area (Å²) in [5.74, 6) is -2.25. The standard InChI is InChI=1S/C23H22F2N4O2/c24-18-5-4-15(30)11-17(18)20-7-6-19(25)22(28-20)23(31)29-21-12-27-9-8-16(21)13-2-1-3-14(26)10-13/h4-9,11-14,30H,1-3,10,26H2,(H,29,31)/t13-,14+/m1/s1. The van der Waals surface area contributed by atoms with Gasteiger partial charge in [0, 0.05) is 17.8 Å². The average Bonchev–Trinajstić information content (AvgIpc) is 2.76. The van der Waals surface area contributed by atoms with E-state index in [1.807, 2.05) is 6.07 Å². The second kappa shape index (κ2) is 8.77. The summed E-state index contributed by atoms with van der Waals surface area (Å²) >= 11 is 0. The van der Waals surface area contributed by atoms with Gasteiger partial charge in [-0.15, -0.1) is 0 Å². The van der Waals surface area contributed by atoms with E-state index in [2.05, 4.69) is 15.3 Å². The summed E-state index contributed by atoms with van der Waals surface area (Å²) in [4.78, 5) is 21.0. The molecule has 2 atom stereocenters. The largest absolute Gasteiger partial charge is 0.508 e. The molecule has 31 heavy (non-hydrogen) atoms. The summed E-state index contributed by atoms with van der Waals surface area (Å²) in [5, 5.41) is 12.3. The molecule has 1 fully saturated rings. The molecule has 0 unspecified atom stereocenters. The van der Waals surface area contributed by atoms with E-state index in [0.29, 0.717) is 5.69 Å². The summed E-state index contributed by atoms with van der Waals surface area (Å²) in [6.45, 7) is 0. The van der Waals surface area contributed by atoms with Gasteiger partial charge < -0.3 is 16.2 Å². The Bertz CT molecular complexity index is 1120. The number of phenolic OH excluding ortho intramolecular Hbond substituents is 1. The van der Waals surface area contributed by atoms with Crippen molar-refractivity contribution in [1.82, 2.24) is 9.97 Å². The molecule has 3 aromatic rings. The van der Waals surface area contributed by atoms with Crippen LogP contribution in [-0.2, 0) is 0 Å². The van der Waals surface area contributed by atoms with Crippen LogP contribution in [0.15, 0.2) is 48.8 Å². The van der Waals surface area contributed by atoms with Crippen LogP contribution in [0.5, 0.6) is 5.75 Å². The van der Waals surface area contributed by atoms with E-state index in [4.69, 9.17) is 5.73 Å². The number of aromatic hydroxyl groups is 1. The Morgan fingerprint density at radius 1 is 1.13 bits per heavy atom. The number of benzene rings is 1. The number of amides is 1. The number of halogens is 2. The van der Waals surface area contributed by atoms with Crippen LogP contribution in [0.25, 0.3) is 11.3 Å². The molecule has 1 aliphatic carbocycles. The van der Waals surface area contributed by atoms with Gasteiger partial charge in [-0.05, 0) is 67.1 Å². The number of aromatic nitrogens is 2. The lowest BCUT2D eigenvalue weighted by Crippen LogP contribution is -2.27. The van der Waals surface area contributed by atoms with Crippen LogP contribution < -0.4 is 11.1 Å². The number of anilines is 1. The van der Waals surface area contributed by atoms with Crippen molar-refractivity contribution in [3.05, 3.63) is 71.7 Å². The first-order valence-electron chi connectivity index (χ1n) is 10.1. The van der Waals surface area contributed by atoms with Gasteiger partial charge in [0.15, 0.2) is 11.5 Å². The minimum Gasteiger partial charge on any atom is -0.508 e. The van der Waals surface area contributed by atoms with Gasteiger partial charge in [0.25, 0.3) is 5.91 Å². The van der Waals surface area contributed by atoms with Gasteiger partial charge in [0.2, 0.25) is 0 Å². The maximum Gasteiger partial charge on any atom is 0.277 e. The number of hydrogen-bond acceptors (Lipinski definition) is 5. The van der Waals surface area contributed by atoms with Crippen LogP contribution in [0.2, 0.25) is 0 Å². The zero-order valence-corrected chi connectivity index (χ0v) is 16.7. The van der Waals surface area contributed by atoms with E-state index in [-0.39, 0.29) is 29.0 Å². The van der Waals surface area contributed by atoms with E-state index in [1.165, 1.54) is 24.4 Å². The molecule has 4 rings (SSSR count). The van der Waals surface area contributed by atoms with Gasteiger partial charge in [-0.2, -0.15) is 0 Å². The SMILES string of the molecule is N[C@H]1CCC[C@@H](c2ccncc2NC(=O)c2nc(-c3cc(O)ccc3F)ccc2F)C1. The van der Waals surface area contributed by atoms with Crippen molar-refractivity contribution >= 4 is 11.6 Å². The van der Waals surface area contributed by atoms with E-state index in [1.54, 1.807) is 6.20 Å². The Hall–Kier alpha value is -3.39. The molecule has 2 heterocycles. The van der Waals surface area contributed by atoms with Crippen LogP contribution in [0.4, 0.5) is 14.5 Å². The molecule has 1 amide bonds. The maximum atomic E-state index is 14.4. The van der Waals surface area contributed by atoms with E-state index in [0.717, 1.165) is 43.4 Å². The number of carbonyl (C=O) groups excluding carboxylic acids is 1. The number of rotatable bonds is 4. The number of pyridine rings is 2. The monoisotopic (exact) mass is 424 g/mol. The molecule has 0 saturated heterocycles. The number of carbonyl (C=O) groups is 1. The fourth-order valence-corrected chi connectivity index (χ4v) is 4.02. The fraction of sp³-hybridized carbons (Fsp3) is 0.261. The Labute approximate surface area is 178 Å². The average molecular weight is 424 g/mol. The third kappa shape index (κ3) is 4.54. The van der Waals surface area contributed by atoms with Crippen molar-refractivity contribution in [1.29, 1.82) is 0 Å². The van der Waals surface area contributed by atoms with Crippen molar-refractivity contribution in [2.75, 3.05) is 5.32 Å². The lowest BCUT2D eigenvalue weighted by molar-refractivity contribution is 0.101. The van der Waals surface area contributed by atoms with Gasteiger partial charge >= 0.3 is 0 Å². The first kappa shape index (κ1) is 20.9. The van der Waals surface area contributed by atoms with Gasteiger partial charge in [0.05, 0.1) is 17.6 Å². The van der Waals surface area contributed by atoms with Crippen LogP contribution >= 0.6 is 0 Å². The second-order valence-corrected chi connectivity index (χ2v) is 7.73. The highest BCUT2D eigenvalue weighted by Gasteiger charge is 2.24. The minimum atomic E-state index is -0.841. The molecule has 0 aliphatic heterocycles. The number of phenols is 1. The van der Waals surface area contributed by atoms with Gasteiger partial charge in [-0.25, -0.2) is 13.8 Å². The van der Waals surface area contributed by atoms with Gasteiger partial charge in [-0.1, -0.05) is 6.42 Å². The quantitative estimate of drug-likeness (QED) is 0.578. The van der Waals surface area contributed by atoms with Crippen LogP contribution in [0.1, 0.15) is 47.7 Å². The minimum absolute atomic E-state index is 0.0321. The van der Waals surface area contributed by atoms with Crippen molar-refractivity contribution in [2.45, 2.75) is 37.6 Å². The first-order chi connectivity index (χ1) is 14.9. The zero-order chi connectivity index (χ0) is 22.0. The van der Waals surface area contributed by atoms with E-state index >= 15 is 0 Å². The Morgan fingerprint density at radius 3 is 2.74 bits per heavy atom. The summed E-state index contributed by atoms with van der Waals surface area (Å²) in [6, 6.07) is 7.67. The molecule has 160 valence electrons. The summed E-state index contributed by atoms with van der Waals surface area (Å²) in [6.07, 6.45) is 6.87. The molecule has 1 aliphatic rings. The molecule has 1 aromatic carbocycles. The van der Waals surface area contributed by atoms with Crippen LogP contribution in [-0.4, -0.2) is 27.0 Å². The summed E-state index contributed by atoms with van der Waals surface area (Å²) in [5.41, 5.74) is 7.00. The molecule has 4 N–H and O–H groups in total. The second-order valence-electron chi connectivity index (χ2n) is 7.73. The highest BCUT2D eigenvalue weighted by molar-refractivity contribution is 6.03. The molecular formula is C23H22F2N4O2. The number of nitrogens with two attached hydrogens (primary N) is 1. The molecular weight excluding hydrogens is 402 g/mol. The van der Waals surface area contributed by atoms with Crippen molar-refractivity contribution in [3.8, 4) is 17.0 Å². The Kier molecular flexibility index (Phi) is 5.90. The van der Waals surface area contributed by atoms with Crippen molar-refractivity contribution in [2.24, 2.45) is 5.73 Å². The lowest BCUT2D eigenvalue weighted by Gasteiger charge is -2.28. The number of nitrogens with zero attached hydrogens (tertiary/aromatic N) is 2.